The van der Waals surface area contributed by atoms with E-state index in [2.05, 4.69) is 5.32 Å². The van der Waals surface area contributed by atoms with Crippen molar-refractivity contribution in [1.29, 1.82) is 0 Å². The Balaban J connectivity index is 1.76. The van der Waals surface area contributed by atoms with E-state index in [9.17, 15) is 9.59 Å². The smallest absolute Gasteiger partial charge is 0.336 e. The lowest BCUT2D eigenvalue weighted by Crippen LogP contribution is -2.36. The second-order valence-electron chi connectivity index (χ2n) is 8.66. The third-order valence-electron chi connectivity index (χ3n) is 6.61. The number of methoxy groups -OCH3 is 3. The minimum Gasteiger partial charge on any atom is -0.497 e. The molecule has 2 aliphatic rings. The highest BCUT2D eigenvalue weighted by Crippen LogP contribution is 2.47. The maximum absolute atomic E-state index is 13.7. The zero-order valence-electron chi connectivity index (χ0n) is 20.6. The van der Waals surface area contributed by atoms with E-state index in [1.54, 1.807) is 21.3 Å². The zero-order chi connectivity index (χ0) is 24.9. The second-order valence-corrected chi connectivity index (χ2v) is 8.66. The van der Waals surface area contributed by atoms with Crippen molar-refractivity contribution in [2.45, 2.75) is 31.6 Å². The molecule has 0 saturated heterocycles. The van der Waals surface area contributed by atoms with Gasteiger partial charge in [-0.2, -0.15) is 0 Å². The average Bonchev–Trinajstić information content (AvgIpc) is 2.87. The molecule has 7 heteroatoms. The zero-order valence-corrected chi connectivity index (χ0v) is 20.6. The molecule has 0 bridgehead atoms. The van der Waals surface area contributed by atoms with Crippen LogP contribution in [-0.2, 0) is 19.1 Å². The van der Waals surface area contributed by atoms with Gasteiger partial charge in [-0.3, -0.25) is 4.79 Å². The molecule has 4 rings (SSSR count). The number of rotatable bonds is 8. The number of nitrogens with one attached hydrogen (secondary N) is 1. The summed E-state index contributed by atoms with van der Waals surface area (Å²) in [6, 6.07) is 15.3. The van der Waals surface area contributed by atoms with Crippen LogP contribution < -0.4 is 14.8 Å². The summed E-state index contributed by atoms with van der Waals surface area (Å²) >= 11 is 0. The van der Waals surface area contributed by atoms with Gasteiger partial charge in [-0.1, -0.05) is 30.3 Å². The molecule has 1 aliphatic carbocycles. The Hall–Kier alpha value is -3.58. The summed E-state index contributed by atoms with van der Waals surface area (Å²) in [5.41, 5.74) is 4.37. The van der Waals surface area contributed by atoms with Crippen LogP contribution in [0.2, 0.25) is 0 Å². The summed E-state index contributed by atoms with van der Waals surface area (Å²) in [6.07, 6.45) is 1.01. The van der Waals surface area contributed by atoms with E-state index in [0.29, 0.717) is 42.0 Å². The van der Waals surface area contributed by atoms with E-state index in [4.69, 9.17) is 18.9 Å². The molecular formula is C28H31NO6. The van der Waals surface area contributed by atoms with E-state index in [0.717, 1.165) is 22.6 Å². The van der Waals surface area contributed by atoms with Crippen LogP contribution in [0.4, 0.5) is 0 Å². The number of hydrogen-bond donors (Lipinski definition) is 1. The molecule has 35 heavy (non-hydrogen) atoms. The van der Waals surface area contributed by atoms with Crippen LogP contribution in [-0.4, -0.2) is 46.3 Å². The standard InChI is InChI=1S/C28H31NO6/c1-17-25(28(31)35-14-13-32-2)26(21-7-5-6-8-24(21)34-4)27-22(29-17)15-19(16-23(27)30)18-9-11-20(33-3)12-10-18/h5-12,19,26,29H,13-16H2,1-4H3. The van der Waals surface area contributed by atoms with Gasteiger partial charge in [-0.15, -0.1) is 0 Å². The van der Waals surface area contributed by atoms with Gasteiger partial charge < -0.3 is 24.3 Å². The fourth-order valence-corrected chi connectivity index (χ4v) is 4.93. The molecule has 1 heterocycles. The van der Waals surface area contributed by atoms with Crippen molar-refractivity contribution in [1.82, 2.24) is 5.32 Å². The Labute approximate surface area is 205 Å². The minimum absolute atomic E-state index is 0.00478. The minimum atomic E-state index is -0.582. The number of para-hydroxylation sites is 1. The summed E-state index contributed by atoms with van der Waals surface area (Å²) in [7, 11) is 4.77. The normalized spacial score (nSPS) is 19.7. The lowest BCUT2D eigenvalue weighted by Gasteiger charge is -2.37. The van der Waals surface area contributed by atoms with Crippen molar-refractivity contribution in [3.8, 4) is 11.5 Å². The predicted octanol–water partition coefficient (Wildman–Crippen LogP) is 4.26. The Morgan fingerprint density at radius 2 is 1.71 bits per heavy atom. The highest BCUT2D eigenvalue weighted by atomic mass is 16.6. The highest BCUT2D eigenvalue weighted by Gasteiger charge is 2.42. The van der Waals surface area contributed by atoms with E-state index in [1.165, 1.54) is 0 Å². The Bertz CT molecular complexity index is 1160. The molecule has 0 aromatic heterocycles. The first kappa shape index (κ1) is 24.5. The van der Waals surface area contributed by atoms with E-state index in [1.807, 2.05) is 55.5 Å². The molecule has 2 atom stereocenters. The fraction of sp³-hybridized carbons (Fsp3) is 0.357. The molecule has 2 aromatic carbocycles. The number of benzene rings is 2. The molecule has 1 aliphatic heterocycles. The summed E-state index contributed by atoms with van der Waals surface area (Å²) in [5, 5.41) is 3.37. The SMILES string of the molecule is COCCOC(=O)C1=C(C)NC2=C(C(=O)CC(c3ccc(OC)cc3)C2)C1c1ccccc1OC. The molecule has 0 saturated carbocycles. The third kappa shape index (κ3) is 4.95. The lowest BCUT2D eigenvalue weighted by molar-refractivity contribution is -0.140. The monoisotopic (exact) mass is 477 g/mol. The van der Waals surface area contributed by atoms with Crippen LogP contribution in [0.3, 0.4) is 0 Å². The van der Waals surface area contributed by atoms with Crippen LogP contribution in [0.5, 0.6) is 11.5 Å². The maximum Gasteiger partial charge on any atom is 0.336 e. The molecule has 184 valence electrons. The summed E-state index contributed by atoms with van der Waals surface area (Å²) in [4.78, 5) is 26.9. The quantitative estimate of drug-likeness (QED) is 0.449. The topological polar surface area (TPSA) is 83.1 Å². The van der Waals surface area contributed by atoms with Gasteiger partial charge >= 0.3 is 5.97 Å². The van der Waals surface area contributed by atoms with Gasteiger partial charge in [0.15, 0.2) is 5.78 Å². The van der Waals surface area contributed by atoms with Crippen molar-refractivity contribution in [2.24, 2.45) is 0 Å². The number of ketones is 1. The lowest BCUT2D eigenvalue weighted by atomic mass is 9.71. The van der Waals surface area contributed by atoms with Crippen LogP contribution in [0.25, 0.3) is 0 Å². The van der Waals surface area contributed by atoms with E-state index < -0.39 is 11.9 Å². The number of carbonyl (C=O) groups is 2. The predicted molar refractivity (Wildman–Crippen MR) is 131 cm³/mol. The Morgan fingerprint density at radius 3 is 2.40 bits per heavy atom. The molecule has 0 amide bonds. The number of Topliss-reactive ketones (excluding diaryl/α,β-unsaturated/α-hetero) is 1. The van der Waals surface area contributed by atoms with Crippen LogP contribution in [0.15, 0.2) is 71.1 Å². The van der Waals surface area contributed by atoms with Crippen molar-refractivity contribution in [3.05, 3.63) is 82.2 Å². The first-order chi connectivity index (χ1) is 17.0. The van der Waals surface area contributed by atoms with E-state index in [-0.39, 0.29) is 18.3 Å². The van der Waals surface area contributed by atoms with Gasteiger partial charge in [-0.25, -0.2) is 4.79 Å². The second kappa shape index (κ2) is 10.8. The molecule has 0 radical (unpaired) electrons. The molecule has 7 nitrogen and oxygen atoms in total. The summed E-state index contributed by atoms with van der Waals surface area (Å²) in [5.74, 6) is 0.372. The van der Waals surface area contributed by atoms with Gasteiger partial charge in [-0.05, 0) is 43.0 Å². The Kier molecular flexibility index (Phi) is 7.56. The van der Waals surface area contributed by atoms with Crippen LogP contribution in [0.1, 0.15) is 42.7 Å². The molecule has 0 spiro atoms. The van der Waals surface area contributed by atoms with Crippen molar-refractivity contribution in [3.63, 3.8) is 0 Å². The fourth-order valence-electron chi connectivity index (χ4n) is 4.93. The van der Waals surface area contributed by atoms with Gasteiger partial charge in [0, 0.05) is 36.1 Å². The van der Waals surface area contributed by atoms with Gasteiger partial charge in [0.2, 0.25) is 0 Å². The van der Waals surface area contributed by atoms with Crippen molar-refractivity contribution >= 4 is 11.8 Å². The summed E-state index contributed by atoms with van der Waals surface area (Å²) < 4.78 is 21.4. The highest BCUT2D eigenvalue weighted by molar-refractivity contribution is 6.04. The van der Waals surface area contributed by atoms with Crippen LogP contribution >= 0.6 is 0 Å². The molecule has 1 N–H and O–H groups in total. The molecular weight excluding hydrogens is 446 g/mol. The number of dihydropyridines is 1. The van der Waals surface area contributed by atoms with Gasteiger partial charge in [0.25, 0.3) is 0 Å². The Morgan fingerprint density at radius 1 is 0.971 bits per heavy atom. The number of esters is 1. The number of carbonyl (C=O) groups excluding carboxylic acids is 2. The van der Waals surface area contributed by atoms with Crippen LogP contribution in [0, 0.1) is 0 Å². The number of allylic oxidation sites excluding steroid dienone is 3. The van der Waals surface area contributed by atoms with Gasteiger partial charge in [0.05, 0.1) is 32.3 Å². The maximum atomic E-state index is 13.7. The first-order valence-electron chi connectivity index (χ1n) is 11.6. The largest absolute Gasteiger partial charge is 0.497 e. The molecule has 2 aromatic rings. The van der Waals surface area contributed by atoms with Crippen molar-refractivity contribution < 1.29 is 28.5 Å². The van der Waals surface area contributed by atoms with Gasteiger partial charge in [0.1, 0.15) is 18.1 Å². The first-order valence-corrected chi connectivity index (χ1v) is 11.6. The number of ether oxygens (including phenoxy) is 4. The molecule has 2 unspecified atom stereocenters. The average molecular weight is 478 g/mol. The van der Waals surface area contributed by atoms with Crippen molar-refractivity contribution in [2.75, 3.05) is 34.5 Å². The third-order valence-corrected chi connectivity index (χ3v) is 6.61. The molecule has 0 fully saturated rings. The summed E-state index contributed by atoms with van der Waals surface area (Å²) in [6.45, 7) is 2.27. The number of hydrogen-bond acceptors (Lipinski definition) is 7. The van der Waals surface area contributed by atoms with E-state index >= 15 is 0 Å².